The lowest BCUT2D eigenvalue weighted by atomic mass is 10.4. The van der Waals surface area contributed by atoms with E-state index in [2.05, 4.69) is 22.2 Å². The van der Waals surface area contributed by atoms with Gasteiger partial charge < -0.3 is 19.2 Å². The summed E-state index contributed by atoms with van der Waals surface area (Å²) in [6.45, 7) is 3.63. The molecule has 2 heterocycles. The van der Waals surface area contributed by atoms with E-state index in [0.717, 1.165) is 24.5 Å². The Bertz CT molecular complexity index is 514. The summed E-state index contributed by atoms with van der Waals surface area (Å²) in [5, 5.41) is 3.22. The Morgan fingerprint density at radius 1 is 1.30 bits per heavy atom. The zero-order valence-electron chi connectivity index (χ0n) is 11.8. The SMILES string of the molecule is CCCNc1cc(OCc2ccco2)nc(COC)n1. The molecule has 0 radical (unpaired) electrons. The average Bonchev–Trinajstić information content (AvgIpc) is 2.96. The highest BCUT2D eigenvalue weighted by molar-refractivity contribution is 5.38. The second-order valence-corrected chi connectivity index (χ2v) is 4.24. The maximum atomic E-state index is 5.62. The quantitative estimate of drug-likeness (QED) is 0.800. The molecule has 0 bridgehead atoms. The van der Waals surface area contributed by atoms with Crippen molar-refractivity contribution in [3.63, 3.8) is 0 Å². The van der Waals surface area contributed by atoms with Crippen molar-refractivity contribution >= 4 is 5.82 Å². The van der Waals surface area contributed by atoms with Crippen LogP contribution in [0.25, 0.3) is 0 Å². The van der Waals surface area contributed by atoms with Gasteiger partial charge in [0.25, 0.3) is 0 Å². The van der Waals surface area contributed by atoms with E-state index in [1.165, 1.54) is 0 Å². The number of hydrogen-bond acceptors (Lipinski definition) is 6. The van der Waals surface area contributed by atoms with Crippen molar-refractivity contribution in [2.45, 2.75) is 26.6 Å². The van der Waals surface area contributed by atoms with E-state index in [-0.39, 0.29) is 0 Å². The van der Waals surface area contributed by atoms with Crippen molar-refractivity contribution < 1.29 is 13.9 Å². The summed E-state index contributed by atoms with van der Waals surface area (Å²) in [6, 6.07) is 5.45. The van der Waals surface area contributed by atoms with Crippen molar-refractivity contribution in [3.05, 3.63) is 36.0 Å². The van der Waals surface area contributed by atoms with Crippen LogP contribution in [0.15, 0.2) is 28.9 Å². The zero-order valence-corrected chi connectivity index (χ0v) is 11.8. The number of rotatable bonds is 8. The predicted molar refractivity (Wildman–Crippen MR) is 74.6 cm³/mol. The Morgan fingerprint density at radius 2 is 2.20 bits per heavy atom. The summed E-state index contributed by atoms with van der Waals surface area (Å²) in [5.74, 6) is 2.58. The van der Waals surface area contributed by atoms with Gasteiger partial charge in [-0.25, -0.2) is 4.98 Å². The van der Waals surface area contributed by atoms with Gasteiger partial charge in [0.15, 0.2) is 5.82 Å². The first-order valence-corrected chi connectivity index (χ1v) is 6.57. The number of anilines is 1. The number of nitrogens with zero attached hydrogens (tertiary/aromatic N) is 2. The van der Waals surface area contributed by atoms with Gasteiger partial charge in [-0.15, -0.1) is 0 Å². The van der Waals surface area contributed by atoms with E-state index in [1.807, 2.05) is 12.1 Å². The molecule has 0 aliphatic heterocycles. The van der Waals surface area contributed by atoms with E-state index in [0.29, 0.717) is 24.9 Å². The van der Waals surface area contributed by atoms with Gasteiger partial charge >= 0.3 is 0 Å². The smallest absolute Gasteiger partial charge is 0.219 e. The van der Waals surface area contributed by atoms with Crippen molar-refractivity contribution in [2.75, 3.05) is 19.0 Å². The summed E-state index contributed by atoms with van der Waals surface area (Å²) in [7, 11) is 1.61. The lowest BCUT2D eigenvalue weighted by molar-refractivity contribution is 0.175. The molecule has 0 saturated carbocycles. The molecule has 0 fully saturated rings. The second kappa shape index (κ2) is 7.49. The first kappa shape index (κ1) is 14.3. The standard InChI is InChI=1S/C14H19N3O3/c1-3-6-15-12-8-14(17-13(16-12)10-18-2)20-9-11-5-4-7-19-11/h4-5,7-8H,3,6,9-10H2,1-2H3,(H,15,16,17). The van der Waals surface area contributed by atoms with Crippen LogP contribution in [0.4, 0.5) is 5.82 Å². The summed E-state index contributed by atoms with van der Waals surface area (Å²) in [6.07, 6.45) is 2.63. The molecule has 2 rings (SSSR count). The number of methoxy groups -OCH3 is 1. The molecule has 0 aliphatic carbocycles. The molecule has 20 heavy (non-hydrogen) atoms. The monoisotopic (exact) mass is 277 g/mol. The van der Waals surface area contributed by atoms with Crippen LogP contribution in [0.1, 0.15) is 24.9 Å². The van der Waals surface area contributed by atoms with Crippen LogP contribution in [-0.4, -0.2) is 23.6 Å². The molecule has 0 aliphatic rings. The molecule has 0 saturated heterocycles. The second-order valence-electron chi connectivity index (χ2n) is 4.24. The van der Waals surface area contributed by atoms with Gasteiger partial charge in [0.2, 0.25) is 5.88 Å². The fourth-order valence-electron chi connectivity index (χ4n) is 1.62. The Hall–Kier alpha value is -2.08. The van der Waals surface area contributed by atoms with Crippen LogP contribution >= 0.6 is 0 Å². The lowest BCUT2D eigenvalue weighted by Gasteiger charge is -2.09. The largest absolute Gasteiger partial charge is 0.469 e. The highest BCUT2D eigenvalue weighted by atomic mass is 16.5. The number of furan rings is 1. The summed E-state index contributed by atoms with van der Waals surface area (Å²) in [5.41, 5.74) is 0. The molecule has 0 aromatic carbocycles. The summed E-state index contributed by atoms with van der Waals surface area (Å²) >= 11 is 0. The number of aromatic nitrogens is 2. The first-order valence-electron chi connectivity index (χ1n) is 6.57. The van der Waals surface area contributed by atoms with Crippen LogP contribution < -0.4 is 10.1 Å². The predicted octanol–water partition coefficient (Wildman–Crippen LogP) is 2.62. The number of hydrogen-bond donors (Lipinski definition) is 1. The van der Waals surface area contributed by atoms with Crippen LogP contribution in [0.5, 0.6) is 5.88 Å². The molecule has 0 atom stereocenters. The molecule has 2 aromatic rings. The van der Waals surface area contributed by atoms with Gasteiger partial charge in [0.1, 0.15) is 24.8 Å². The molecular formula is C14H19N3O3. The normalized spacial score (nSPS) is 10.5. The maximum absolute atomic E-state index is 5.62. The van der Waals surface area contributed by atoms with Crippen molar-refractivity contribution in [1.29, 1.82) is 0 Å². The Balaban J connectivity index is 2.06. The highest BCUT2D eigenvalue weighted by Crippen LogP contribution is 2.16. The Morgan fingerprint density at radius 3 is 2.90 bits per heavy atom. The van der Waals surface area contributed by atoms with E-state index >= 15 is 0 Å². The molecule has 2 aromatic heterocycles. The molecule has 0 amide bonds. The molecule has 0 spiro atoms. The molecule has 108 valence electrons. The minimum absolute atomic E-state index is 0.337. The van der Waals surface area contributed by atoms with Gasteiger partial charge in [-0.2, -0.15) is 4.98 Å². The fourth-order valence-corrected chi connectivity index (χ4v) is 1.62. The van der Waals surface area contributed by atoms with Gasteiger partial charge in [-0.1, -0.05) is 6.92 Å². The van der Waals surface area contributed by atoms with E-state index in [1.54, 1.807) is 19.4 Å². The third-order valence-corrected chi connectivity index (χ3v) is 2.52. The average molecular weight is 277 g/mol. The van der Waals surface area contributed by atoms with Gasteiger partial charge in [-0.3, -0.25) is 0 Å². The van der Waals surface area contributed by atoms with Gasteiger partial charge in [-0.05, 0) is 18.6 Å². The molecule has 1 N–H and O–H groups in total. The molecule has 0 unspecified atom stereocenters. The lowest BCUT2D eigenvalue weighted by Crippen LogP contribution is -2.07. The number of ether oxygens (including phenoxy) is 2. The third-order valence-electron chi connectivity index (χ3n) is 2.52. The first-order chi connectivity index (χ1) is 9.81. The van der Waals surface area contributed by atoms with E-state index in [4.69, 9.17) is 13.9 Å². The van der Waals surface area contributed by atoms with Crippen molar-refractivity contribution in [3.8, 4) is 5.88 Å². The van der Waals surface area contributed by atoms with Crippen LogP contribution in [0, 0.1) is 0 Å². The molecule has 6 nitrogen and oxygen atoms in total. The highest BCUT2D eigenvalue weighted by Gasteiger charge is 2.06. The van der Waals surface area contributed by atoms with Crippen molar-refractivity contribution in [2.24, 2.45) is 0 Å². The Labute approximate surface area is 118 Å². The van der Waals surface area contributed by atoms with Crippen LogP contribution in [0.3, 0.4) is 0 Å². The third kappa shape index (κ3) is 4.24. The van der Waals surface area contributed by atoms with Gasteiger partial charge in [0.05, 0.1) is 6.26 Å². The fraction of sp³-hybridized carbons (Fsp3) is 0.429. The Kier molecular flexibility index (Phi) is 5.37. The van der Waals surface area contributed by atoms with E-state index in [9.17, 15) is 0 Å². The molecular weight excluding hydrogens is 258 g/mol. The minimum Gasteiger partial charge on any atom is -0.469 e. The summed E-state index contributed by atoms with van der Waals surface area (Å²) in [4.78, 5) is 8.65. The summed E-state index contributed by atoms with van der Waals surface area (Å²) < 4.78 is 15.9. The molecule has 6 heteroatoms. The van der Waals surface area contributed by atoms with Crippen LogP contribution in [0.2, 0.25) is 0 Å². The van der Waals surface area contributed by atoms with Gasteiger partial charge in [0, 0.05) is 19.7 Å². The maximum Gasteiger partial charge on any atom is 0.219 e. The topological polar surface area (TPSA) is 69.4 Å². The zero-order chi connectivity index (χ0) is 14.2. The van der Waals surface area contributed by atoms with Crippen LogP contribution in [-0.2, 0) is 18.0 Å². The van der Waals surface area contributed by atoms with Crippen molar-refractivity contribution in [1.82, 2.24) is 9.97 Å². The number of nitrogens with one attached hydrogen (secondary N) is 1. The minimum atomic E-state index is 0.337. The van der Waals surface area contributed by atoms with E-state index < -0.39 is 0 Å².